The van der Waals surface area contributed by atoms with Crippen LogP contribution in [-0.2, 0) is 27.1 Å². The molecule has 0 saturated heterocycles. The molecule has 0 spiro atoms. The van der Waals surface area contributed by atoms with Crippen LogP contribution < -0.4 is 16.1 Å². The molecular weight excluding hydrogens is 630 g/mol. The maximum Gasteiger partial charge on any atom is 0.244 e. The van der Waals surface area contributed by atoms with Crippen molar-refractivity contribution in [1.82, 2.24) is 16.1 Å². The molecule has 0 rings (SSSR count). The predicted molar refractivity (Wildman–Crippen MR) is 72.1 cm³/mol. The molecule has 0 bridgehead atoms. The van der Waals surface area contributed by atoms with Gasteiger partial charge in [0.05, 0.1) is 20.2 Å². The zero-order valence-electron chi connectivity index (χ0n) is 10.5. The molecule has 0 aliphatic rings. The van der Waals surface area contributed by atoms with Gasteiger partial charge in [-0.25, -0.2) is 5.48 Å². The Bertz CT molecular complexity index is 291. The number of aldehydes is 1. The fraction of sp³-hybridized carbons (Fsp3) is 0.556. The van der Waals surface area contributed by atoms with Crippen LogP contribution in [0.4, 0.5) is 0 Å². The molecular formula is C9H15FmIN3O6-. The molecule has 0 radical (unpaired) electrons. The number of alkyl halides is 1. The van der Waals surface area contributed by atoms with Crippen molar-refractivity contribution in [1.29, 1.82) is 0 Å². The van der Waals surface area contributed by atoms with Gasteiger partial charge in [-0.05, 0) is 0 Å². The minimum Gasteiger partial charge on any atom is -0.522 e. The summed E-state index contributed by atoms with van der Waals surface area (Å²) in [4.78, 5) is 44.4. The quantitative estimate of drug-likeness (QED) is 0.0688. The van der Waals surface area contributed by atoms with Gasteiger partial charge in [0.2, 0.25) is 11.8 Å². The predicted octanol–water partition coefficient (Wildman–Crippen LogP) is -1.67. The van der Waals surface area contributed by atoms with E-state index in [1.165, 1.54) is 13.5 Å². The molecule has 3 N–H and O–H groups in total. The van der Waals surface area contributed by atoms with Crippen molar-refractivity contribution in [2.75, 3.05) is 24.6 Å². The monoisotopic (exact) mass is 645 g/mol. The third kappa shape index (κ3) is 20.9. The molecule has 0 aliphatic carbocycles. The van der Waals surface area contributed by atoms with Crippen molar-refractivity contribution in [3.8, 4) is 0 Å². The zero-order chi connectivity index (χ0) is 14.9. The van der Waals surface area contributed by atoms with E-state index in [-0.39, 0.29) is 19.0 Å². The average molecular weight is 645 g/mol. The van der Waals surface area contributed by atoms with E-state index in [0.29, 0.717) is 17.1 Å². The molecule has 0 heterocycles. The van der Waals surface area contributed by atoms with E-state index in [1.807, 2.05) is 5.32 Å². The standard InChI is InChI=1S/C5H7N2O3.C4H8INO3.Fm/c8-2-1-7-5(10)3-6-4-9;1-9-6-4(7)2-3-5-8;/h2H,1,3H2,(H,6,9)(H,7,10);2-3H2,1H3,(H,6,7);/q-1;;. The number of carbonyl (C=O) groups is 3. The van der Waals surface area contributed by atoms with Gasteiger partial charge in [0.15, 0.2) is 0 Å². The average Bonchev–Trinajstić information content (AvgIpc) is 2.41. The van der Waals surface area contributed by atoms with Crippen molar-refractivity contribution >= 4 is 45.7 Å². The van der Waals surface area contributed by atoms with Gasteiger partial charge >= 0.3 is 0 Å². The van der Waals surface area contributed by atoms with E-state index in [4.69, 9.17) is 0 Å². The van der Waals surface area contributed by atoms with Crippen molar-refractivity contribution in [2.45, 2.75) is 6.42 Å². The Hall–Kier alpha value is -2.43. The molecule has 0 saturated carbocycles. The number of halogens is 1. The van der Waals surface area contributed by atoms with E-state index < -0.39 is 27.1 Å². The topological polar surface area (TPSA) is 131 Å². The van der Waals surface area contributed by atoms with E-state index in [0.717, 1.165) is 0 Å². The van der Waals surface area contributed by atoms with Crippen molar-refractivity contribution in [3.63, 3.8) is 0 Å². The van der Waals surface area contributed by atoms with Gasteiger partial charge in [-0.1, -0.05) is 0 Å². The largest absolute Gasteiger partial charge is 0.522 e. The molecule has 11 heteroatoms. The summed E-state index contributed by atoms with van der Waals surface area (Å²) in [6.07, 6.45) is 2.18. The molecule has 20 heavy (non-hydrogen) atoms. The number of hydroxylamine groups is 1. The van der Waals surface area contributed by atoms with Gasteiger partial charge in [-0.15, -0.1) is 0 Å². The fourth-order valence-electron chi connectivity index (χ4n) is 0.624. The van der Waals surface area contributed by atoms with Crippen LogP contribution >= 0.6 is 21.2 Å². The molecule has 0 aromatic heterocycles. The van der Waals surface area contributed by atoms with Crippen LogP contribution in [0.1, 0.15) is 6.42 Å². The summed E-state index contributed by atoms with van der Waals surface area (Å²) in [6, 6.07) is 0. The van der Waals surface area contributed by atoms with Gasteiger partial charge in [-0.3, -0.25) is 17.5 Å². The van der Waals surface area contributed by atoms with Gasteiger partial charge in [0.25, 0.3) is 0 Å². The Kier molecular flexibility index (Phi) is 21.5. The number of carbonyl (C=O) groups excluding carboxylic acids is 4. The van der Waals surface area contributed by atoms with Crippen LogP contribution in [0.2, 0.25) is 0 Å². The molecule has 0 aromatic rings. The van der Waals surface area contributed by atoms with Gasteiger partial charge in [-0.2, -0.15) is 6.41 Å². The molecule has 122 valence electrons. The molecule has 0 aromatic carbocycles. The second-order valence-corrected chi connectivity index (χ2v) is 4.41. The summed E-state index contributed by atoms with van der Waals surface area (Å²) < 4.78 is 10.4. The van der Waals surface area contributed by atoms with Gasteiger partial charge in [0.1, 0.15) is 27.5 Å². The Balaban J connectivity index is -0.000000277. The van der Waals surface area contributed by atoms with Crippen LogP contribution in [0.5, 0.6) is 0 Å². The minimum absolute atomic E-state index is 0. The van der Waals surface area contributed by atoms with Crippen LogP contribution in [0.3, 0.4) is 0 Å². The fourth-order valence-corrected chi connectivity index (χ4v) is 1.33. The Labute approximate surface area is 120 Å². The third-order valence-electron chi connectivity index (χ3n) is 1.32. The summed E-state index contributed by atoms with van der Waals surface area (Å²) in [5.74, 6) is -0.622. The summed E-state index contributed by atoms with van der Waals surface area (Å²) in [6.45, 7) is -0.170. The van der Waals surface area contributed by atoms with Crippen LogP contribution in [0.15, 0.2) is 0 Å². The maximum atomic E-state index is 10.4. The summed E-state index contributed by atoms with van der Waals surface area (Å²) in [5.41, 5.74) is 2.12. The first-order valence-electron chi connectivity index (χ1n) is 4.95. The van der Waals surface area contributed by atoms with E-state index in [9.17, 15) is 22.2 Å². The number of nitrogens with one attached hydrogen (secondary N) is 3. The first-order chi connectivity index (χ1) is 9.12. The molecule has 9 nitrogen and oxygen atoms in total. The van der Waals surface area contributed by atoms with Gasteiger partial charge in [0, 0.05) is 10.8 Å². The first kappa shape index (κ1) is 22.7. The van der Waals surface area contributed by atoms with Crippen LogP contribution in [0, 0.1) is 0 Å². The van der Waals surface area contributed by atoms with Crippen molar-refractivity contribution < 1.29 is 27.1 Å². The normalized spacial score (nSPS) is 8.05. The third-order valence-corrected chi connectivity index (χ3v) is 2.30. The number of hydrogen-bond acceptors (Lipinski definition) is 6. The molecule has 0 atom stereocenters. The van der Waals surface area contributed by atoms with Gasteiger partial charge < -0.3 is 20.2 Å². The van der Waals surface area contributed by atoms with Crippen molar-refractivity contribution in [2.24, 2.45) is 0 Å². The van der Waals surface area contributed by atoms with Crippen LogP contribution in [0.25, 0.3) is 0 Å². The van der Waals surface area contributed by atoms with E-state index in [2.05, 4.69) is 15.6 Å². The summed E-state index contributed by atoms with van der Waals surface area (Å²) >= 11 is -1.00. The SMILES string of the molecule is CONC(=O)CCI=O.O=[C-]NCC(=O)NCC=O.[Fm]. The Morgan fingerprint density at radius 3 is 2.45 bits per heavy atom. The second kappa shape index (κ2) is 18.9. The number of amides is 3. The first-order valence-corrected chi connectivity index (χ1v) is 7.36. The Morgan fingerprint density at radius 1 is 1.35 bits per heavy atom. The summed E-state index contributed by atoms with van der Waals surface area (Å²) in [7, 11) is 1.37. The zero-order valence-corrected chi connectivity index (χ0v) is 15.1. The number of rotatable bonds is 9. The maximum absolute atomic E-state index is 10.4. The smallest absolute Gasteiger partial charge is 0.244 e. The molecule has 0 fully saturated rings. The molecule has 3 amide bonds. The molecule has 0 aliphatic heterocycles. The number of hydrogen-bond donors (Lipinski definition) is 3. The van der Waals surface area contributed by atoms with Crippen LogP contribution in [-0.4, -0.2) is 49.1 Å². The minimum atomic E-state index is -1.00. The second-order valence-electron chi connectivity index (χ2n) is 2.70. The van der Waals surface area contributed by atoms with E-state index >= 15 is 0 Å². The Morgan fingerprint density at radius 2 is 2.00 bits per heavy atom. The van der Waals surface area contributed by atoms with E-state index in [1.54, 1.807) is 0 Å². The molecule has 0 unspecified atom stereocenters. The summed E-state index contributed by atoms with van der Waals surface area (Å²) in [5, 5.41) is 4.24. The van der Waals surface area contributed by atoms with Crippen molar-refractivity contribution in [3.05, 3.63) is 0 Å².